The summed E-state index contributed by atoms with van der Waals surface area (Å²) in [6, 6.07) is 11.5. The van der Waals surface area contributed by atoms with Gasteiger partial charge in [0, 0.05) is 22.9 Å². The number of aryl methyl sites for hydroxylation is 2. The number of nitrogens with zero attached hydrogens (tertiary/aromatic N) is 1. The highest BCUT2D eigenvalue weighted by molar-refractivity contribution is 6.78. The van der Waals surface area contributed by atoms with E-state index in [4.69, 9.17) is 4.43 Å². The molecule has 2 aromatic carbocycles. The van der Waals surface area contributed by atoms with Gasteiger partial charge in [0.25, 0.3) is 8.32 Å². The molecule has 0 unspecified atom stereocenters. The van der Waals surface area contributed by atoms with Gasteiger partial charge in [-0.25, -0.2) is 0 Å². The van der Waals surface area contributed by atoms with Crippen LogP contribution in [-0.4, -0.2) is 19.6 Å². The molecule has 0 bridgehead atoms. The van der Waals surface area contributed by atoms with Crippen molar-refractivity contribution in [2.24, 2.45) is 4.99 Å². The monoisotopic (exact) mass is 413 g/mol. The molecule has 0 fully saturated rings. The minimum absolute atomic E-state index is 0.196. The summed E-state index contributed by atoms with van der Waals surface area (Å²) in [5.41, 5.74) is 4.41. The number of hydrogen-bond donors (Lipinski definition) is 1. The van der Waals surface area contributed by atoms with Crippen LogP contribution in [0.5, 0.6) is 11.5 Å². The number of hydrogen-bond acceptors (Lipinski definition) is 3. The van der Waals surface area contributed by atoms with Crippen molar-refractivity contribution >= 4 is 20.2 Å². The van der Waals surface area contributed by atoms with Gasteiger partial charge in [-0.1, -0.05) is 66.8 Å². The van der Waals surface area contributed by atoms with E-state index in [2.05, 4.69) is 60.1 Å². The maximum atomic E-state index is 10.4. The Hall–Kier alpha value is -3.11. The zero-order valence-electron chi connectivity index (χ0n) is 17.6. The molecular weight excluding hydrogens is 386 g/mol. The molecule has 0 aliphatic heterocycles. The average molecular weight is 414 g/mol. The smallest absolute Gasteiger partial charge is 0.269 e. The summed E-state index contributed by atoms with van der Waals surface area (Å²) in [5.74, 6) is 0.967. The number of para-hydroxylation sites is 1. The van der Waals surface area contributed by atoms with E-state index in [0.717, 1.165) is 22.6 Å². The SMILES string of the molecule is Cc1cccc(C)c1N=Cc1cc(O[Si](C)(C2C=CC=C2)C2C=CC=C2)ccc1O. The van der Waals surface area contributed by atoms with Crippen LogP contribution in [0.3, 0.4) is 0 Å². The van der Waals surface area contributed by atoms with Gasteiger partial charge in [0.1, 0.15) is 11.5 Å². The first-order valence-corrected chi connectivity index (χ1v) is 12.9. The molecule has 0 spiro atoms. The number of rotatable bonds is 6. The van der Waals surface area contributed by atoms with E-state index in [-0.39, 0.29) is 5.75 Å². The molecule has 0 radical (unpaired) electrons. The quantitative estimate of drug-likeness (QED) is 0.422. The highest BCUT2D eigenvalue weighted by atomic mass is 28.4. The summed E-state index contributed by atoms with van der Waals surface area (Å²) < 4.78 is 6.73. The second-order valence-corrected chi connectivity index (χ2v) is 12.0. The Bertz CT molecular complexity index is 1020. The van der Waals surface area contributed by atoms with E-state index in [1.165, 1.54) is 0 Å². The van der Waals surface area contributed by atoms with E-state index in [0.29, 0.717) is 16.6 Å². The Morgan fingerprint density at radius 1 is 0.900 bits per heavy atom. The van der Waals surface area contributed by atoms with Crippen LogP contribution in [0.4, 0.5) is 5.69 Å². The predicted octanol–water partition coefficient (Wildman–Crippen LogP) is 6.71. The molecule has 0 heterocycles. The third kappa shape index (κ3) is 3.96. The van der Waals surface area contributed by atoms with Crippen LogP contribution in [0.1, 0.15) is 16.7 Å². The fourth-order valence-electron chi connectivity index (χ4n) is 4.08. The standard InChI is InChI=1S/C26H27NO2Si/c1-19-9-8-10-20(2)26(19)27-18-21-17-22(15-16-25(21)28)29-30(3,23-11-4-5-12-23)24-13-6-7-14-24/h4-18,23-24,28H,1-3H3. The van der Waals surface area contributed by atoms with E-state index in [9.17, 15) is 5.11 Å². The van der Waals surface area contributed by atoms with Crippen molar-refractivity contribution in [2.75, 3.05) is 0 Å². The van der Waals surface area contributed by atoms with Crippen molar-refractivity contribution < 1.29 is 9.53 Å². The fourth-order valence-corrected chi connectivity index (χ4v) is 7.41. The minimum Gasteiger partial charge on any atom is -0.542 e. The van der Waals surface area contributed by atoms with Crippen molar-refractivity contribution in [1.29, 1.82) is 0 Å². The second-order valence-electron chi connectivity index (χ2n) is 8.10. The molecule has 3 nitrogen and oxygen atoms in total. The molecule has 4 rings (SSSR count). The van der Waals surface area contributed by atoms with Crippen molar-refractivity contribution in [2.45, 2.75) is 31.5 Å². The fraction of sp³-hybridized carbons (Fsp3) is 0.192. The minimum atomic E-state index is -2.24. The predicted molar refractivity (Wildman–Crippen MR) is 128 cm³/mol. The molecule has 0 saturated heterocycles. The molecule has 2 aliphatic rings. The largest absolute Gasteiger partial charge is 0.542 e. The topological polar surface area (TPSA) is 41.8 Å². The molecule has 0 atom stereocenters. The van der Waals surface area contributed by atoms with Gasteiger partial charge < -0.3 is 9.53 Å². The van der Waals surface area contributed by atoms with Gasteiger partial charge in [0.15, 0.2) is 0 Å². The first-order chi connectivity index (χ1) is 14.5. The van der Waals surface area contributed by atoms with Gasteiger partial charge in [-0.3, -0.25) is 4.99 Å². The normalized spacial score (nSPS) is 16.4. The van der Waals surface area contributed by atoms with Gasteiger partial charge in [0.2, 0.25) is 0 Å². The van der Waals surface area contributed by atoms with E-state index in [1.54, 1.807) is 12.3 Å². The molecule has 0 aromatic heterocycles. The van der Waals surface area contributed by atoms with Crippen LogP contribution in [-0.2, 0) is 0 Å². The van der Waals surface area contributed by atoms with Gasteiger partial charge in [-0.05, 0) is 49.7 Å². The number of phenolic OH excluding ortho intramolecular Hbond substituents is 1. The molecule has 4 heteroatoms. The summed E-state index contributed by atoms with van der Waals surface area (Å²) in [4.78, 5) is 4.65. The molecule has 1 N–H and O–H groups in total. The summed E-state index contributed by atoms with van der Waals surface area (Å²) in [6.45, 7) is 6.36. The van der Waals surface area contributed by atoms with Crippen LogP contribution in [0.25, 0.3) is 0 Å². The van der Waals surface area contributed by atoms with Crippen molar-refractivity contribution in [3.63, 3.8) is 0 Å². The van der Waals surface area contributed by atoms with Crippen LogP contribution >= 0.6 is 0 Å². The maximum absolute atomic E-state index is 10.4. The van der Waals surface area contributed by atoms with Gasteiger partial charge in [-0.15, -0.1) is 0 Å². The lowest BCUT2D eigenvalue weighted by Crippen LogP contribution is -2.45. The number of phenols is 1. The number of aromatic hydroxyl groups is 1. The summed E-state index contributed by atoms with van der Waals surface area (Å²) in [6.07, 6.45) is 19.0. The molecule has 0 saturated carbocycles. The van der Waals surface area contributed by atoms with Crippen molar-refractivity contribution in [3.8, 4) is 11.5 Å². The Kier molecular flexibility index (Phi) is 5.60. The van der Waals surface area contributed by atoms with Crippen LogP contribution in [0.15, 0.2) is 90.0 Å². The maximum Gasteiger partial charge on any atom is 0.269 e. The molecule has 2 aromatic rings. The summed E-state index contributed by atoms with van der Waals surface area (Å²) in [5, 5.41) is 10.4. The van der Waals surface area contributed by atoms with Gasteiger partial charge in [-0.2, -0.15) is 0 Å². The highest BCUT2D eigenvalue weighted by Gasteiger charge is 2.44. The van der Waals surface area contributed by atoms with Crippen LogP contribution in [0, 0.1) is 13.8 Å². The summed E-state index contributed by atoms with van der Waals surface area (Å²) >= 11 is 0. The lowest BCUT2D eigenvalue weighted by molar-refractivity contribution is 0.471. The second kappa shape index (κ2) is 8.32. The summed E-state index contributed by atoms with van der Waals surface area (Å²) in [7, 11) is -2.24. The first-order valence-electron chi connectivity index (χ1n) is 10.3. The number of allylic oxidation sites excluding steroid dienone is 8. The third-order valence-corrected chi connectivity index (χ3v) is 10.0. The van der Waals surface area contributed by atoms with Gasteiger partial charge in [0.05, 0.1) is 5.69 Å². The highest BCUT2D eigenvalue weighted by Crippen LogP contribution is 2.42. The van der Waals surface area contributed by atoms with Gasteiger partial charge >= 0.3 is 0 Å². The Balaban J connectivity index is 1.64. The lowest BCUT2D eigenvalue weighted by Gasteiger charge is -2.35. The molecule has 152 valence electrons. The van der Waals surface area contributed by atoms with Crippen LogP contribution < -0.4 is 4.43 Å². The Morgan fingerprint density at radius 2 is 1.47 bits per heavy atom. The van der Waals surface area contributed by atoms with E-state index >= 15 is 0 Å². The number of benzene rings is 2. The average Bonchev–Trinajstić information content (AvgIpc) is 3.44. The van der Waals surface area contributed by atoms with E-state index < -0.39 is 8.32 Å². The van der Waals surface area contributed by atoms with Crippen LogP contribution in [0.2, 0.25) is 17.6 Å². The molecule has 0 amide bonds. The molecular formula is C26H27NO2Si. The van der Waals surface area contributed by atoms with Crippen molar-refractivity contribution in [3.05, 3.63) is 102 Å². The number of aliphatic imine (C=N–C) groups is 1. The zero-order chi connectivity index (χ0) is 21.1. The Labute approximate surface area is 179 Å². The van der Waals surface area contributed by atoms with E-state index in [1.807, 2.05) is 44.2 Å². The lowest BCUT2D eigenvalue weighted by atomic mass is 10.1. The Morgan fingerprint density at radius 3 is 2.03 bits per heavy atom. The first kappa shape index (κ1) is 20.2. The molecule has 2 aliphatic carbocycles. The molecule has 30 heavy (non-hydrogen) atoms. The van der Waals surface area contributed by atoms with Crippen molar-refractivity contribution in [1.82, 2.24) is 0 Å². The third-order valence-electron chi connectivity index (χ3n) is 5.93. The zero-order valence-corrected chi connectivity index (χ0v) is 18.6.